The van der Waals surface area contributed by atoms with E-state index in [1.54, 1.807) is 61.7 Å². The minimum atomic E-state index is -0.943. The SMILES string of the molecule is Cc1cc2nccc(Oc3ccc(CC(=O)C4(C(=O)Cc5ccc(F)cc5)CC4)cc3)c2nc1C(N)=O. The van der Waals surface area contributed by atoms with Crippen molar-refractivity contribution in [1.82, 2.24) is 9.97 Å². The number of pyridine rings is 2. The summed E-state index contributed by atoms with van der Waals surface area (Å²) in [6.07, 6.45) is 2.93. The zero-order valence-electron chi connectivity index (χ0n) is 20.2. The Morgan fingerprint density at radius 2 is 1.54 bits per heavy atom. The fourth-order valence-corrected chi connectivity index (χ4v) is 4.43. The van der Waals surface area contributed by atoms with E-state index in [4.69, 9.17) is 10.5 Å². The van der Waals surface area contributed by atoms with Gasteiger partial charge in [0.05, 0.1) is 10.9 Å². The molecular formula is C29H24FN3O4. The van der Waals surface area contributed by atoms with Gasteiger partial charge in [-0.05, 0) is 66.8 Å². The number of Topliss-reactive ketones (excluding diaryl/α,β-unsaturated/α-hetero) is 2. The van der Waals surface area contributed by atoms with Gasteiger partial charge < -0.3 is 10.5 Å². The molecule has 0 atom stereocenters. The van der Waals surface area contributed by atoms with Crippen LogP contribution in [0.4, 0.5) is 4.39 Å². The Labute approximate surface area is 212 Å². The number of benzene rings is 2. The average molecular weight is 498 g/mol. The summed E-state index contributed by atoms with van der Waals surface area (Å²) in [5, 5.41) is 0. The number of carbonyl (C=O) groups excluding carboxylic acids is 3. The van der Waals surface area contributed by atoms with Crippen LogP contribution in [0.15, 0.2) is 66.9 Å². The first-order valence-corrected chi connectivity index (χ1v) is 11.9. The van der Waals surface area contributed by atoms with Gasteiger partial charge in [-0.1, -0.05) is 24.3 Å². The number of nitrogens with zero attached hydrogens (tertiary/aromatic N) is 2. The fraction of sp³-hybridized carbons (Fsp3) is 0.207. The molecule has 2 N–H and O–H groups in total. The largest absolute Gasteiger partial charge is 0.455 e. The Morgan fingerprint density at radius 3 is 2.11 bits per heavy atom. The summed E-state index contributed by atoms with van der Waals surface area (Å²) in [7, 11) is 0. The standard InChI is InChI=1S/C29H24FN3O4/c1-17-14-22-27(33-26(17)28(31)36)23(10-13-32-22)37-21-8-4-19(5-9-21)16-25(35)29(11-12-29)24(34)15-18-2-6-20(30)7-3-18/h2-10,13-14H,11-12,15-16H2,1H3,(H2,31,36). The van der Waals surface area contributed by atoms with E-state index in [0.29, 0.717) is 46.5 Å². The molecule has 0 saturated heterocycles. The number of ether oxygens (including phenoxy) is 1. The Bertz CT molecular complexity index is 1530. The van der Waals surface area contributed by atoms with Gasteiger partial charge in [-0.3, -0.25) is 19.4 Å². The molecule has 4 aromatic rings. The van der Waals surface area contributed by atoms with Crippen LogP contribution < -0.4 is 10.5 Å². The summed E-state index contributed by atoms with van der Waals surface area (Å²) >= 11 is 0. The van der Waals surface area contributed by atoms with Gasteiger partial charge in [-0.25, -0.2) is 9.37 Å². The van der Waals surface area contributed by atoms with Gasteiger partial charge in [0.2, 0.25) is 0 Å². The molecule has 186 valence electrons. The molecule has 2 heterocycles. The molecule has 7 nitrogen and oxygen atoms in total. The fourth-order valence-electron chi connectivity index (χ4n) is 4.43. The molecule has 1 aliphatic carbocycles. The van der Waals surface area contributed by atoms with Crippen molar-refractivity contribution in [3.63, 3.8) is 0 Å². The molecule has 0 radical (unpaired) electrons. The predicted molar refractivity (Wildman–Crippen MR) is 135 cm³/mol. The molecule has 1 aliphatic rings. The van der Waals surface area contributed by atoms with E-state index < -0.39 is 11.3 Å². The lowest BCUT2D eigenvalue weighted by Crippen LogP contribution is -2.28. The Hall–Kier alpha value is -4.46. The topological polar surface area (TPSA) is 112 Å². The molecule has 2 aromatic heterocycles. The maximum atomic E-state index is 13.1. The molecule has 2 aromatic carbocycles. The number of amides is 1. The molecule has 8 heteroatoms. The van der Waals surface area contributed by atoms with Crippen molar-refractivity contribution < 1.29 is 23.5 Å². The van der Waals surface area contributed by atoms with Crippen LogP contribution in [0.25, 0.3) is 11.0 Å². The predicted octanol–water partition coefficient (Wildman–Crippen LogP) is 4.67. The third-order valence-corrected chi connectivity index (χ3v) is 6.71. The Kier molecular flexibility index (Phi) is 6.25. The number of rotatable bonds is 9. The first-order valence-electron chi connectivity index (χ1n) is 11.9. The first kappa shape index (κ1) is 24.2. The maximum Gasteiger partial charge on any atom is 0.267 e. The number of hydrogen-bond donors (Lipinski definition) is 1. The second-order valence-electron chi connectivity index (χ2n) is 9.35. The molecule has 0 aliphatic heterocycles. The van der Waals surface area contributed by atoms with Crippen molar-refractivity contribution in [2.45, 2.75) is 32.6 Å². The lowest BCUT2D eigenvalue weighted by molar-refractivity contribution is -0.133. The quantitative estimate of drug-likeness (QED) is 0.336. The molecule has 0 unspecified atom stereocenters. The number of aromatic nitrogens is 2. The van der Waals surface area contributed by atoms with Crippen molar-refractivity contribution in [2.24, 2.45) is 11.1 Å². The Balaban J connectivity index is 1.28. The molecule has 1 fully saturated rings. The van der Waals surface area contributed by atoms with Crippen LogP contribution in [-0.2, 0) is 22.4 Å². The summed E-state index contributed by atoms with van der Waals surface area (Å²) in [5.41, 5.74) is 7.73. The number of nitrogens with two attached hydrogens (primary N) is 1. The van der Waals surface area contributed by atoms with Crippen LogP contribution in [0.1, 0.15) is 40.0 Å². The van der Waals surface area contributed by atoms with Crippen LogP contribution in [0, 0.1) is 18.2 Å². The van der Waals surface area contributed by atoms with E-state index in [-0.39, 0.29) is 35.9 Å². The van der Waals surface area contributed by atoms with E-state index in [9.17, 15) is 18.8 Å². The van der Waals surface area contributed by atoms with E-state index in [1.807, 2.05) is 0 Å². The second kappa shape index (κ2) is 9.54. The zero-order valence-corrected chi connectivity index (χ0v) is 20.2. The van der Waals surface area contributed by atoms with Gasteiger partial charge in [0.1, 0.15) is 22.8 Å². The first-order chi connectivity index (χ1) is 17.7. The molecular weight excluding hydrogens is 473 g/mol. The summed E-state index contributed by atoms with van der Waals surface area (Å²) in [6.45, 7) is 1.74. The number of carbonyl (C=O) groups is 3. The van der Waals surface area contributed by atoms with Gasteiger partial charge in [-0.2, -0.15) is 0 Å². The molecule has 1 amide bonds. The van der Waals surface area contributed by atoms with Crippen molar-refractivity contribution in [1.29, 1.82) is 0 Å². The average Bonchev–Trinajstić information content (AvgIpc) is 3.69. The third kappa shape index (κ3) is 4.95. The minimum Gasteiger partial charge on any atom is -0.455 e. The summed E-state index contributed by atoms with van der Waals surface area (Å²) in [5.74, 6) is -0.286. The van der Waals surface area contributed by atoms with Crippen LogP contribution in [0.3, 0.4) is 0 Å². The number of aryl methyl sites for hydroxylation is 1. The van der Waals surface area contributed by atoms with Crippen molar-refractivity contribution >= 4 is 28.5 Å². The van der Waals surface area contributed by atoms with Gasteiger partial charge >= 0.3 is 0 Å². The highest BCUT2D eigenvalue weighted by atomic mass is 19.1. The van der Waals surface area contributed by atoms with Crippen LogP contribution in [-0.4, -0.2) is 27.4 Å². The van der Waals surface area contributed by atoms with E-state index in [0.717, 1.165) is 5.56 Å². The number of fused-ring (bicyclic) bond motifs is 1. The number of halogens is 1. The van der Waals surface area contributed by atoms with Gasteiger partial charge in [-0.15, -0.1) is 0 Å². The second-order valence-corrected chi connectivity index (χ2v) is 9.35. The highest BCUT2D eigenvalue weighted by Crippen LogP contribution is 2.48. The van der Waals surface area contributed by atoms with Crippen molar-refractivity contribution in [3.8, 4) is 11.5 Å². The molecule has 5 rings (SSSR count). The maximum absolute atomic E-state index is 13.1. The van der Waals surface area contributed by atoms with E-state index in [1.165, 1.54) is 12.1 Å². The monoisotopic (exact) mass is 497 g/mol. The summed E-state index contributed by atoms with van der Waals surface area (Å²) in [6, 6.07) is 16.2. The van der Waals surface area contributed by atoms with Gasteiger partial charge in [0.15, 0.2) is 17.3 Å². The van der Waals surface area contributed by atoms with Crippen LogP contribution in [0.5, 0.6) is 11.5 Å². The van der Waals surface area contributed by atoms with Gasteiger partial charge in [0, 0.05) is 25.1 Å². The normalized spacial score (nSPS) is 13.8. The molecule has 0 spiro atoms. The minimum absolute atomic E-state index is 0.105. The summed E-state index contributed by atoms with van der Waals surface area (Å²) < 4.78 is 19.1. The lowest BCUT2D eigenvalue weighted by atomic mass is 9.88. The number of primary amides is 1. The number of hydrogen-bond acceptors (Lipinski definition) is 6. The summed E-state index contributed by atoms with van der Waals surface area (Å²) in [4.78, 5) is 46.3. The lowest BCUT2D eigenvalue weighted by Gasteiger charge is -2.14. The third-order valence-electron chi connectivity index (χ3n) is 6.71. The van der Waals surface area contributed by atoms with E-state index >= 15 is 0 Å². The van der Waals surface area contributed by atoms with Crippen LogP contribution >= 0.6 is 0 Å². The highest BCUT2D eigenvalue weighted by Gasteiger charge is 2.54. The van der Waals surface area contributed by atoms with Gasteiger partial charge in [0.25, 0.3) is 5.91 Å². The van der Waals surface area contributed by atoms with Crippen molar-refractivity contribution in [3.05, 3.63) is 95.1 Å². The molecule has 1 saturated carbocycles. The highest BCUT2D eigenvalue weighted by molar-refractivity contribution is 6.11. The van der Waals surface area contributed by atoms with Crippen LogP contribution in [0.2, 0.25) is 0 Å². The van der Waals surface area contributed by atoms with Crippen molar-refractivity contribution in [2.75, 3.05) is 0 Å². The molecule has 0 bridgehead atoms. The Morgan fingerprint density at radius 1 is 0.946 bits per heavy atom. The van der Waals surface area contributed by atoms with E-state index in [2.05, 4.69) is 9.97 Å². The molecule has 37 heavy (non-hydrogen) atoms. The zero-order chi connectivity index (χ0) is 26.2. The number of ketones is 2. The smallest absolute Gasteiger partial charge is 0.267 e.